The fourth-order valence-electron chi connectivity index (χ4n) is 1.61. The Hall–Kier alpha value is -2.21. The minimum absolute atomic E-state index is 0.0856. The van der Waals surface area contributed by atoms with Crippen LogP contribution in [0.15, 0.2) is 35.2 Å². The number of benzene rings is 1. The van der Waals surface area contributed by atoms with Gasteiger partial charge in [0.25, 0.3) is 5.91 Å². The number of amides is 1. The Morgan fingerprint density at radius 3 is 2.68 bits per heavy atom. The van der Waals surface area contributed by atoms with E-state index >= 15 is 0 Å². The lowest BCUT2D eigenvalue weighted by Gasteiger charge is -2.05. The largest absolute Gasteiger partial charge is 0.351 e. The third kappa shape index (κ3) is 3.62. The Morgan fingerprint density at radius 2 is 2.05 bits per heavy atom. The van der Waals surface area contributed by atoms with Crippen molar-refractivity contribution in [3.8, 4) is 11.4 Å². The van der Waals surface area contributed by atoms with Crippen molar-refractivity contribution in [1.82, 2.24) is 20.8 Å². The van der Waals surface area contributed by atoms with Gasteiger partial charge in [0.2, 0.25) is 12.2 Å². The molecular weight excluding hydrogens is 244 g/mol. The molecule has 1 aromatic heterocycles. The van der Waals surface area contributed by atoms with E-state index in [-0.39, 0.29) is 5.91 Å². The molecule has 0 aliphatic heterocycles. The second-order valence-electron chi connectivity index (χ2n) is 3.94. The monoisotopic (exact) mass is 260 g/mol. The molecule has 19 heavy (non-hydrogen) atoms. The summed E-state index contributed by atoms with van der Waals surface area (Å²) in [5, 5.41) is 9.71. The van der Waals surface area contributed by atoms with Gasteiger partial charge >= 0.3 is 0 Å². The van der Waals surface area contributed by atoms with Gasteiger partial charge in [-0.2, -0.15) is 4.98 Å². The maximum Gasteiger partial charge on any atom is 0.251 e. The van der Waals surface area contributed by atoms with E-state index in [2.05, 4.69) is 25.3 Å². The lowest BCUT2D eigenvalue weighted by atomic mass is 10.1. The molecule has 0 atom stereocenters. The van der Waals surface area contributed by atoms with Crippen LogP contribution in [-0.4, -0.2) is 35.7 Å². The molecule has 0 fully saturated rings. The second-order valence-corrected chi connectivity index (χ2v) is 3.94. The third-order valence-corrected chi connectivity index (χ3v) is 2.60. The summed E-state index contributed by atoms with van der Waals surface area (Å²) < 4.78 is 4.68. The number of hydrogen-bond donors (Lipinski definition) is 2. The van der Waals surface area contributed by atoms with Gasteiger partial charge in [-0.15, -0.1) is 0 Å². The minimum atomic E-state index is -0.0856. The Morgan fingerprint density at radius 1 is 1.26 bits per heavy atom. The molecule has 0 bridgehead atoms. The first-order chi connectivity index (χ1) is 9.31. The van der Waals surface area contributed by atoms with Crippen LogP contribution in [0.5, 0.6) is 0 Å². The van der Waals surface area contributed by atoms with Crippen LogP contribution in [0.3, 0.4) is 0 Å². The van der Waals surface area contributed by atoms with Crippen molar-refractivity contribution in [3.63, 3.8) is 0 Å². The molecule has 1 heterocycles. The molecule has 0 aliphatic rings. The molecule has 0 aliphatic carbocycles. The molecular formula is C13H16N4O2. The fraction of sp³-hybridized carbons (Fsp3) is 0.308. The highest BCUT2D eigenvalue weighted by molar-refractivity contribution is 5.94. The van der Waals surface area contributed by atoms with Crippen molar-refractivity contribution in [2.24, 2.45) is 0 Å². The molecule has 0 saturated carbocycles. The van der Waals surface area contributed by atoms with E-state index < -0.39 is 0 Å². The summed E-state index contributed by atoms with van der Waals surface area (Å²) in [6.45, 7) is 4.30. The van der Waals surface area contributed by atoms with Crippen molar-refractivity contribution < 1.29 is 9.32 Å². The lowest BCUT2D eigenvalue weighted by molar-refractivity contribution is 0.0954. The van der Waals surface area contributed by atoms with Crippen LogP contribution in [0.4, 0.5) is 0 Å². The summed E-state index contributed by atoms with van der Waals surface area (Å²) >= 11 is 0. The van der Waals surface area contributed by atoms with Gasteiger partial charge in [-0.1, -0.05) is 24.2 Å². The Labute approximate surface area is 111 Å². The molecule has 2 aromatic rings. The maximum absolute atomic E-state index is 11.8. The van der Waals surface area contributed by atoms with Crippen LogP contribution >= 0.6 is 0 Å². The molecule has 100 valence electrons. The van der Waals surface area contributed by atoms with E-state index in [1.54, 1.807) is 24.3 Å². The zero-order valence-electron chi connectivity index (χ0n) is 10.7. The zero-order valence-corrected chi connectivity index (χ0v) is 10.7. The molecule has 1 amide bonds. The van der Waals surface area contributed by atoms with Gasteiger partial charge < -0.3 is 15.2 Å². The molecule has 2 rings (SSSR count). The Kier molecular flexibility index (Phi) is 4.63. The van der Waals surface area contributed by atoms with Crippen LogP contribution in [0.25, 0.3) is 11.4 Å². The molecule has 6 nitrogen and oxygen atoms in total. The van der Waals surface area contributed by atoms with Crippen molar-refractivity contribution in [1.29, 1.82) is 0 Å². The number of carbonyl (C=O) groups excluding carboxylic acids is 1. The number of likely N-dealkylation sites (N-methyl/N-ethyl adjacent to an activating group) is 1. The highest BCUT2D eigenvalue weighted by atomic mass is 16.5. The van der Waals surface area contributed by atoms with Gasteiger partial charge in [0.15, 0.2) is 0 Å². The number of hydrogen-bond acceptors (Lipinski definition) is 5. The van der Waals surface area contributed by atoms with Gasteiger partial charge in [-0.3, -0.25) is 4.79 Å². The van der Waals surface area contributed by atoms with E-state index in [0.29, 0.717) is 17.9 Å². The lowest BCUT2D eigenvalue weighted by Crippen LogP contribution is -2.31. The molecule has 0 saturated heterocycles. The van der Waals surface area contributed by atoms with Crippen LogP contribution in [-0.2, 0) is 0 Å². The number of nitrogens with zero attached hydrogens (tertiary/aromatic N) is 2. The standard InChI is InChI=1S/C13H16N4O2/c1-2-14-7-8-15-13(18)11-5-3-10(4-6-11)12-16-9-19-17-12/h3-6,9,14H,2,7-8H2,1H3,(H,15,18). The number of aromatic nitrogens is 2. The smallest absolute Gasteiger partial charge is 0.251 e. The number of carbonyl (C=O) groups is 1. The topological polar surface area (TPSA) is 80.0 Å². The molecule has 1 aromatic carbocycles. The van der Waals surface area contributed by atoms with Crippen LogP contribution in [0.1, 0.15) is 17.3 Å². The predicted octanol–water partition coefficient (Wildman–Crippen LogP) is 1.08. The Bertz CT molecular complexity index is 508. The quantitative estimate of drug-likeness (QED) is 0.760. The van der Waals surface area contributed by atoms with Gasteiger partial charge in [0, 0.05) is 24.2 Å². The second kappa shape index (κ2) is 6.65. The van der Waals surface area contributed by atoms with Gasteiger partial charge in [-0.25, -0.2) is 0 Å². The number of nitrogens with one attached hydrogen (secondary N) is 2. The van der Waals surface area contributed by atoms with E-state index in [1.807, 2.05) is 6.92 Å². The van der Waals surface area contributed by atoms with Crippen molar-refractivity contribution in [2.45, 2.75) is 6.92 Å². The normalized spacial score (nSPS) is 10.4. The highest BCUT2D eigenvalue weighted by Gasteiger charge is 2.07. The van der Waals surface area contributed by atoms with E-state index in [0.717, 1.165) is 18.7 Å². The summed E-state index contributed by atoms with van der Waals surface area (Å²) in [4.78, 5) is 15.8. The summed E-state index contributed by atoms with van der Waals surface area (Å²) in [5.74, 6) is 0.427. The molecule has 0 radical (unpaired) electrons. The third-order valence-electron chi connectivity index (χ3n) is 2.60. The van der Waals surface area contributed by atoms with Gasteiger partial charge in [-0.05, 0) is 18.7 Å². The molecule has 0 unspecified atom stereocenters. The minimum Gasteiger partial charge on any atom is -0.351 e. The van der Waals surface area contributed by atoms with Crippen molar-refractivity contribution >= 4 is 5.91 Å². The van der Waals surface area contributed by atoms with E-state index in [1.165, 1.54) is 6.39 Å². The average molecular weight is 260 g/mol. The predicted molar refractivity (Wildman–Crippen MR) is 70.6 cm³/mol. The van der Waals surface area contributed by atoms with Crippen molar-refractivity contribution in [2.75, 3.05) is 19.6 Å². The van der Waals surface area contributed by atoms with Crippen molar-refractivity contribution in [3.05, 3.63) is 36.2 Å². The molecule has 0 spiro atoms. The number of rotatable bonds is 6. The van der Waals surface area contributed by atoms with Crippen LogP contribution in [0.2, 0.25) is 0 Å². The summed E-state index contributed by atoms with van der Waals surface area (Å²) in [6.07, 6.45) is 1.27. The van der Waals surface area contributed by atoms with E-state index in [4.69, 9.17) is 0 Å². The Balaban J connectivity index is 1.93. The summed E-state index contributed by atoms with van der Waals surface area (Å²) in [7, 11) is 0. The van der Waals surface area contributed by atoms with Gasteiger partial charge in [0.05, 0.1) is 0 Å². The fourth-order valence-corrected chi connectivity index (χ4v) is 1.61. The SMILES string of the molecule is CCNCCNC(=O)c1ccc(-c2ncon2)cc1. The van der Waals surface area contributed by atoms with Crippen LogP contribution < -0.4 is 10.6 Å². The first-order valence-corrected chi connectivity index (χ1v) is 6.17. The molecule has 2 N–H and O–H groups in total. The summed E-state index contributed by atoms with van der Waals surface area (Å²) in [5.41, 5.74) is 1.43. The zero-order chi connectivity index (χ0) is 13.5. The highest BCUT2D eigenvalue weighted by Crippen LogP contribution is 2.14. The van der Waals surface area contributed by atoms with E-state index in [9.17, 15) is 4.79 Å². The van der Waals surface area contributed by atoms with Crippen LogP contribution in [0, 0.1) is 0 Å². The average Bonchev–Trinajstić information content (AvgIpc) is 2.98. The van der Waals surface area contributed by atoms with Gasteiger partial charge in [0.1, 0.15) is 0 Å². The first kappa shape index (κ1) is 13.2. The summed E-state index contributed by atoms with van der Waals surface area (Å²) in [6, 6.07) is 7.08. The maximum atomic E-state index is 11.8. The first-order valence-electron chi connectivity index (χ1n) is 6.17. The molecule has 6 heteroatoms.